The van der Waals surface area contributed by atoms with Gasteiger partial charge in [0, 0.05) is 22.8 Å². The topological polar surface area (TPSA) is 50.9 Å². The fraction of sp³-hybridized carbons (Fsp3) is 0.213. The zero-order valence-electron chi connectivity index (χ0n) is 42.9. The predicted molar refractivity (Wildman–Crippen MR) is 274 cm³/mol. The highest BCUT2D eigenvalue weighted by molar-refractivity contribution is 5.97. The van der Waals surface area contributed by atoms with E-state index in [1.807, 2.05) is 93.1 Å². The minimum Gasteiger partial charge on any atom is -0.507 e. The van der Waals surface area contributed by atoms with E-state index in [1.54, 1.807) is 6.07 Å². The summed E-state index contributed by atoms with van der Waals surface area (Å²) in [6.45, 7) is 15.9. The number of fused-ring (bicyclic) bond motifs is 1. The van der Waals surface area contributed by atoms with Gasteiger partial charge in [0.15, 0.2) is 0 Å². The lowest BCUT2D eigenvalue weighted by atomic mass is 9.83. The van der Waals surface area contributed by atoms with E-state index in [1.165, 1.54) is 5.56 Å². The Morgan fingerprint density at radius 1 is 0.585 bits per heavy atom. The molecule has 9 aromatic rings. The van der Waals surface area contributed by atoms with Crippen molar-refractivity contribution in [1.82, 2.24) is 14.5 Å². The number of phenolic OH excluding ortho intramolecular Hbond substituents is 1. The van der Waals surface area contributed by atoms with Crippen LogP contribution in [0.4, 0.5) is 0 Å². The standard InChI is InChI=1S/C61H59N3O/c1-37(2)47-30-48(38(3)4)32-49(31-47)45-23-24-56(40(6)29-45)64-57-18-14-17-53(58(57)63-60(64)54-28-39(5)27-41(7)59(54)65)50-33-51(35-52(34-50)61(8,9)10)55-36-46(25-26-62-55)44-21-19-43(20-22-44)42-15-12-11-13-16-42/h11-38,65H,1-10H3/i6D3,37D. The Bertz CT molecular complexity index is 3390. The van der Waals surface area contributed by atoms with E-state index in [4.69, 9.17) is 15.5 Å². The average molecular weight is 854 g/mol. The molecule has 0 atom stereocenters. The quantitative estimate of drug-likeness (QED) is 0.157. The zero-order chi connectivity index (χ0) is 49.2. The van der Waals surface area contributed by atoms with Crippen LogP contribution >= 0.6 is 0 Å². The molecular weight excluding hydrogens is 791 g/mol. The van der Waals surface area contributed by atoms with Crippen molar-refractivity contribution in [3.05, 3.63) is 191 Å². The Balaban J connectivity index is 1.24. The minimum atomic E-state index is -2.53. The van der Waals surface area contributed by atoms with Crippen LogP contribution in [0.5, 0.6) is 5.75 Å². The monoisotopic (exact) mass is 853 g/mol. The summed E-state index contributed by atoms with van der Waals surface area (Å²) in [5.41, 5.74) is 16.6. The van der Waals surface area contributed by atoms with Crippen molar-refractivity contribution in [2.24, 2.45) is 0 Å². The normalized spacial score (nSPS) is 13.1. The number of pyridine rings is 1. The maximum Gasteiger partial charge on any atom is 0.149 e. The van der Waals surface area contributed by atoms with Crippen LogP contribution in [0.15, 0.2) is 158 Å². The minimum absolute atomic E-state index is 0.0828. The van der Waals surface area contributed by atoms with Gasteiger partial charge in [-0.25, -0.2) is 4.98 Å². The Morgan fingerprint density at radius 2 is 1.26 bits per heavy atom. The number of imidazole rings is 1. The number of rotatable bonds is 9. The molecule has 0 bridgehead atoms. The third kappa shape index (κ3) is 8.54. The number of aromatic hydroxyl groups is 1. The summed E-state index contributed by atoms with van der Waals surface area (Å²) in [4.78, 5) is 10.3. The number of nitrogens with zero attached hydrogens (tertiary/aromatic N) is 3. The summed E-state index contributed by atoms with van der Waals surface area (Å²) < 4.78 is 37.8. The predicted octanol–water partition coefficient (Wildman–Crippen LogP) is 16.6. The SMILES string of the molecule is [2H]C([2H])([2H])c1cc(-c2cc(C(C)C)cc(C([2H])(C)C)c2)ccc1-n1c(-c2cc(C)cc(C)c2O)nc2c(-c3cc(-c4cc(-c5ccc(-c6ccccc6)cc5)ccn4)cc(C(C)(C)C)c3)cccc21. The summed E-state index contributed by atoms with van der Waals surface area (Å²) in [6.07, 6.45) is 1.87. The lowest BCUT2D eigenvalue weighted by Gasteiger charge is -2.22. The maximum atomic E-state index is 11.8. The molecule has 0 aliphatic heterocycles. The van der Waals surface area contributed by atoms with Crippen LogP contribution in [0.1, 0.15) is 99.1 Å². The Morgan fingerprint density at radius 3 is 1.97 bits per heavy atom. The van der Waals surface area contributed by atoms with Gasteiger partial charge in [-0.05, 0) is 159 Å². The van der Waals surface area contributed by atoms with E-state index >= 15 is 0 Å². The summed E-state index contributed by atoms with van der Waals surface area (Å²) in [6, 6.07) is 51.5. The summed E-state index contributed by atoms with van der Waals surface area (Å²) in [5, 5.41) is 11.8. The van der Waals surface area contributed by atoms with Crippen molar-refractivity contribution in [2.75, 3.05) is 0 Å². The van der Waals surface area contributed by atoms with Crippen LogP contribution in [0.2, 0.25) is 0 Å². The van der Waals surface area contributed by atoms with Crippen molar-refractivity contribution in [2.45, 2.75) is 86.4 Å². The third-order valence-corrected chi connectivity index (χ3v) is 12.6. The molecule has 2 aromatic heterocycles. The van der Waals surface area contributed by atoms with Gasteiger partial charge in [0.05, 0.1) is 28.0 Å². The number of aryl methyl sites for hydroxylation is 3. The molecule has 7 aromatic carbocycles. The van der Waals surface area contributed by atoms with Crippen molar-refractivity contribution in [3.8, 4) is 78.6 Å². The first-order valence-corrected chi connectivity index (χ1v) is 22.5. The number of hydrogen-bond donors (Lipinski definition) is 1. The molecule has 1 N–H and O–H groups in total. The summed E-state index contributed by atoms with van der Waals surface area (Å²) >= 11 is 0. The molecule has 0 radical (unpaired) electrons. The van der Waals surface area contributed by atoms with E-state index in [0.717, 1.165) is 72.5 Å². The first-order valence-electron chi connectivity index (χ1n) is 24.5. The van der Waals surface area contributed by atoms with Gasteiger partial charge in [-0.15, -0.1) is 0 Å². The van der Waals surface area contributed by atoms with Gasteiger partial charge >= 0.3 is 0 Å². The van der Waals surface area contributed by atoms with Gasteiger partial charge < -0.3 is 5.11 Å². The summed E-state index contributed by atoms with van der Waals surface area (Å²) in [7, 11) is 0. The van der Waals surface area contributed by atoms with Crippen molar-refractivity contribution < 1.29 is 10.6 Å². The van der Waals surface area contributed by atoms with E-state index in [0.29, 0.717) is 33.7 Å². The van der Waals surface area contributed by atoms with Gasteiger partial charge in [0.1, 0.15) is 11.6 Å². The molecular formula is C61H59N3O. The molecule has 0 saturated heterocycles. The highest BCUT2D eigenvalue weighted by Crippen LogP contribution is 2.42. The smallest absolute Gasteiger partial charge is 0.149 e. The highest BCUT2D eigenvalue weighted by Gasteiger charge is 2.24. The van der Waals surface area contributed by atoms with Gasteiger partial charge in [0.2, 0.25) is 0 Å². The molecule has 0 aliphatic rings. The van der Waals surface area contributed by atoms with Gasteiger partial charge in [0.25, 0.3) is 0 Å². The highest BCUT2D eigenvalue weighted by atomic mass is 16.3. The molecule has 2 heterocycles. The molecule has 0 unspecified atom stereocenters. The lowest BCUT2D eigenvalue weighted by Crippen LogP contribution is -2.11. The van der Waals surface area contributed by atoms with Crippen LogP contribution in [0, 0.1) is 20.7 Å². The van der Waals surface area contributed by atoms with E-state index < -0.39 is 12.7 Å². The first kappa shape index (κ1) is 38.4. The second-order valence-electron chi connectivity index (χ2n) is 19.1. The molecule has 0 amide bonds. The molecule has 9 rings (SSSR count). The fourth-order valence-electron chi connectivity index (χ4n) is 8.86. The summed E-state index contributed by atoms with van der Waals surface area (Å²) in [5.74, 6) is -0.136. The molecule has 0 fully saturated rings. The van der Waals surface area contributed by atoms with Crippen molar-refractivity contribution in [1.29, 1.82) is 0 Å². The molecule has 324 valence electrons. The zero-order valence-corrected chi connectivity index (χ0v) is 38.9. The van der Waals surface area contributed by atoms with E-state index in [9.17, 15) is 5.11 Å². The van der Waals surface area contributed by atoms with Crippen LogP contribution in [-0.4, -0.2) is 19.6 Å². The van der Waals surface area contributed by atoms with Gasteiger partial charge in [-0.1, -0.05) is 152 Å². The Hall–Kier alpha value is -7.04. The molecule has 65 heavy (non-hydrogen) atoms. The Labute approximate surface area is 391 Å². The molecule has 0 aliphatic carbocycles. The first-order chi connectivity index (χ1) is 32.6. The third-order valence-electron chi connectivity index (χ3n) is 12.6. The second-order valence-corrected chi connectivity index (χ2v) is 19.1. The molecule has 0 spiro atoms. The number of hydrogen-bond acceptors (Lipinski definition) is 3. The number of para-hydroxylation sites is 1. The molecule has 4 nitrogen and oxygen atoms in total. The molecule has 4 heteroatoms. The second kappa shape index (κ2) is 17.2. The van der Waals surface area contributed by atoms with Crippen LogP contribution < -0.4 is 0 Å². The van der Waals surface area contributed by atoms with Crippen LogP contribution in [0.3, 0.4) is 0 Å². The van der Waals surface area contributed by atoms with Crippen molar-refractivity contribution >= 4 is 11.0 Å². The number of benzene rings is 7. The van der Waals surface area contributed by atoms with Crippen LogP contribution in [0.25, 0.3) is 83.9 Å². The lowest BCUT2D eigenvalue weighted by molar-refractivity contribution is 0.472. The molecule has 0 saturated carbocycles. The van der Waals surface area contributed by atoms with E-state index in [2.05, 4.69) is 126 Å². The number of phenols is 1. The van der Waals surface area contributed by atoms with Crippen LogP contribution in [-0.2, 0) is 5.41 Å². The van der Waals surface area contributed by atoms with Gasteiger partial charge in [-0.2, -0.15) is 0 Å². The fourth-order valence-corrected chi connectivity index (χ4v) is 8.86. The Kier molecular flexibility index (Phi) is 10.1. The maximum absolute atomic E-state index is 11.8. The van der Waals surface area contributed by atoms with Crippen molar-refractivity contribution in [3.63, 3.8) is 0 Å². The number of aromatic nitrogens is 3. The largest absolute Gasteiger partial charge is 0.507 e. The van der Waals surface area contributed by atoms with E-state index in [-0.39, 0.29) is 22.6 Å². The average Bonchev–Trinajstić information content (AvgIpc) is 3.71. The van der Waals surface area contributed by atoms with Gasteiger partial charge in [-0.3, -0.25) is 9.55 Å².